The van der Waals surface area contributed by atoms with Crippen LogP contribution >= 0.6 is 0 Å². The van der Waals surface area contributed by atoms with E-state index in [2.05, 4.69) is 30.0 Å². The number of pyridine rings is 1. The van der Waals surface area contributed by atoms with Crippen molar-refractivity contribution in [3.63, 3.8) is 0 Å². The molecule has 0 bridgehead atoms. The summed E-state index contributed by atoms with van der Waals surface area (Å²) in [6.45, 7) is -0.977. The van der Waals surface area contributed by atoms with E-state index < -0.39 is 42.5 Å². The Balaban J connectivity index is 1.41. The lowest BCUT2D eigenvalue weighted by Gasteiger charge is -2.18. The molecule has 11 nitrogen and oxygen atoms in total. The third-order valence-electron chi connectivity index (χ3n) is 5.60. The van der Waals surface area contributed by atoms with E-state index in [1.165, 1.54) is 30.3 Å². The summed E-state index contributed by atoms with van der Waals surface area (Å²) in [7, 11) is 0. The number of aryl methyl sites for hydroxylation is 1. The summed E-state index contributed by atoms with van der Waals surface area (Å²) in [5.41, 5.74) is -1.28. The van der Waals surface area contributed by atoms with Gasteiger partial charge in [-0.2, -0.15) is 18.3 Å². The maximum Gasteiger partial charge on any atom is 0.408 e. The van der Waals surface area contributed by atoms with Crippen LogP contribution in [0, 0.1) is 6.92 Å². The van der Waals surface area contributed by atoms with Gasteiger partial charge >= 0.3 is 17.8 Å². The molecule has 16 heteroatoms. The molecule has 0 amide bonds. The lowest BCUT2D eigenvalue weighted by Crippen LogP contribution is -2.36. The Bertz CT molecular complexity index is 1600. The lowest BCUT2D eigenvalue weighted by atomic mass is 10.2. The number of aromatic nitrogens is 7. The number of fused-ring (bicyclic) bond motifs is 1. The summed E-state index contributed by atoms with van der Waals surface area (Å²) < 4.78 is 74.4. The second-order valence-corrected chi connectivity index (χ2v) is 8.39. The average molecular weight is 524 g/mol. The minimum Gasteiger partial charge on any atom is -0.466 e. The molecule has 2 N–H and O–H groups in total. The van der Waals surface area contributed by atoms with Gasteiger partial charge in [0.25, 0.3) is 5.56 Å². The molecule has 1 aliphatic heterocycles. The number of nitrogens with zero attached hydrogens (tertiary/aromatic N) is 6. The topological polar surface area (TPSA) is 135 Å². The highest BCUT2D eigenvalue weighted by Gasteiger charge is 2.51. The second kappa shape index (κ2) is 8.63. The molecule has 37 heavy (non-hydrogen) atoms. The Kier molecular flexibility index (Phi) is 5.68. The highest BCUT2D eigenvalue weighted by atomic mass is 19.4. The first kappa shape index (κ1) is 24.3. The third-order valence-corrected chi connectivity index (χ3v) is 5.60. The molecule has 4 aromatic rings. The minimum atomic E-state index is -4.53. The number of hydrogen-bond donors (Lipinski definition) is 2. The second-order valence-electron chi connectivity index (χ2n) is 8.39. The van der Waals surface area contributed by atoms with Crippen molar-refractivity contribution in [1.82, 2.24) is 34.7 Å². The molecule has 5 rings (SSSR count). The van der Waals surface area contributed by atoms with Crippen LogP contribution in [0.5, 0.6) is 5.88 Å². The predicted molar refractivity (Wildman–Crippen MR) is 119 cm³/mol. The van der Waals surface area contributed by atoms with Gasteiger partial charge in [0.1, 0.15) is 18.2 Å². The first-order chi connectivity index (χ1) is 17.4. The van der Waals surface area contributed by atoms with Crippen molar-refractivity contribution in [3.05, 3.63) is 57.4 Å². The van der Waals surface area contributed by atoms with Crippen molar-refractivity contribution in [2.45, 2.75) is 31.7 Å². The highest BCUT2D eigenvalue weighted by molar-refractivity contribution is 5.78. The summed E-state index contributed by atoms with van der Waals surface area (Å²) in [5.74, 6) is -3.39. The SMILES string of the molecule is Cc1nc(-c2c[nH]c(=O)[nH]c2=O)cc(N2C[C@H](Oc3cc4c(cn3)cnn4CC(F)(F)F)C(F)(F)C2)n1. The van der Waals surface area contributed by atoms with Gasteiger partial charge in [-0.15, -0.1) is 0 Å². The van der Waals surface area contributed by atoms with E-state index >= 15 is 0 Å². The largest absolute Gasteiger partial charge is 0.466 e. The number of hydrogen-bond acceptors (Lipinski definition) is 8. The maximum atomic E-state index is 14.9. The third kappa shape index (κ3) is 4.99. The molecule has 4 aromatic heterocycles. The van der Waals surface area contributed by atoms with Gasteiger partial charge in [-0.3, -0.25) is 14.5 Å². The molecular weight excluding hydrogens is 507 g/mol. The Morgan fingerprint density at radius 1 is 1.19 bits per heavy atom. The van der Waals surface area contributed by atoms with E-state index in [1.54, 1.807) is 0 Å². The summed E-state index contributed by atoms with van der Waals surface area (Å²) in [5, 5.41) is 3.96. The number of nitrogens with one attached hydrogen (secondary N) is 2. The molecule has 5 heterocycles. The first-order valence-electron chi connectivity index (χ1n) is 10.7. The summed E-state index contributed by atoms with van der Waals surface area (Å²) in [6, 6.07) is 2.45. The molecule has 0 saturated carbocycles. The first-order valence-corrected chi connectivity index (χ1v) is 10.7. The molecule has 0 aromatic carbocycles. The monoisotopic (exact) mass is 524 g/mol. The number of H-pyrrole nitrogens is 2. The molecule has 194 valence electrons. The van der Waals surface area contributed by atoms with Gasteiger partial charge in [-0.05, 0) is 6.92 Å². The molecule has 0 unspecified atom stereocenters. The van der Waals surface area contributed by atoms with Crippen molar-refractivity contribution >= 4 is 16.7 Å². The van der Waals surface area contributed by atoms with Gasteiger partial charge in [0.15, 0.2) is 6.10 Å². The number of aromatic amines is 2. The standard InChI is InChI=1S/C21H17F5N8O3/c1-10-30-13(12-6-28-19(36)32-18(12)35)2-16(31-10)33-7-15(20(22,23)8-33)37-17-3-14-11(4-27-17)5-29-34(14)9-21(24,25)26/h2-6,15H,7-9H2,1H3,(H2,28,32,35,36)/t15-/m0/s1. The van der Waals surface area contributed by atoms with Crippen LogP contribution in [0.2, 0.25) is 0 Å². The average Bonchev–Trinajstić information content (AvgIpc) is 3.32. The van der Waals surface area contributed by atoms with Crippen LogP contribution in [-0.2, 0) is 6.54 Å². The molecule has 1 atom stereocenters. The van der Waals surface area contributed by atoms with Crippen molar-refractivity contribution in [2.24, 2.45) is 0 Å². The van der Waals surface area contributed by atoms with E-state index in [1.807, 2.05) is 0 Å². The number of rotatable bonds is 5. The smallest absolute Gasteiger partial charge is 0.408 e. The fraction of sp³-hybridized carbons (Fsp3) is 0.333. The van der Waals surface area contributed by atoms with Crippen LogP contribution in [-0.4, -0.2) is 66.0 Å². The molecular formula is C21H17F5N8O3. The van der Waals surface area contributed by atoms with Gasteiger partial charge in [0, 0.05) is 29.9 Å². The van der Waals surface area contributed by atoms with Crippen LogP contribution in [0.25, 0.3) is 22.2 Å². The zero-order chi connectivity index (χ0) is 26.5. The van der Waals surface area contributed by atoms with Gasteiger partial charge in [0.2, 0.25) is 5.88 Å². The molecule has 1 saturated heterocycles. The lowest BCUT2D eigenvalue weighted by molar-refractivity contribution is -0.141. The van der Waals surface area contributed by atoms with Crippen molar-refractivity contribution in [2.75, 3.05) is 18.0 Å². The van der Waals surface area contributed by atoms with E-state index in [-0.39, 0.29) is 46.2 Å². The van der Waals surface area contributed by atoms with E-state index in [4.69, 9.17) is 4.74 Å². The van der Waals surface area contributed by atoms with Crippen LogP contribution in [0.15, 0.2) is 40.3 Å². The van der Waals surface area contributed by atoms with Crippen LogP contribution in [0.3, 0.4) is 0 Å². The van der Waals surface area contributed by atoms with Crippen molar-refractivity contribution < 1.29 is 26.7 Å². The quantitative estimate of drug-likeness (QED) is 0.379. The number of anilines is 1. The number of ether oxygens (including phenoxy) is 1. The minimum absolute atomic E-state index is 0.0121. The van der Waals surface area contributed by atoms with E-state index in [0.29, 0.717) is 4.68 Å². The zero-order valence-corrected chi connectivity index (χ0v) is 18.9. The summed E-state index contributed by atoms with van der Waals surface area (Å²) in [6.07, 6.45) is -2.70. The van der Waals surface area contributed by atoms with E-state index in [9.17, 15) is 31.5 Å². The summed E-state index contributed by atoms with van der Waals surface area (Å²) in [4.78, 5) is 41.3. The van der Waals surface area contributed by atoms with E-state index in [0.717, 1.165) is 12.3 Å². The fourth-order valence-electron chi connectivity index (χ4n) is 3.96. The maximum absolute atomic E-state index is 14.9. The molecule has 1 aliphatic rings. The van der Waals surface area contributed by atoms with Gasteiger partial charge < -0.3 is 14.6 Å². The number of alkyl halides is 5. The predicted octanol–water partition coefficient (Wildman–Crippen LogP) is 2.04. The normalized spacial score (nSPS) is 17.5. The Hall–Kier alpha value is -4.37. The summed E-state index contributed by atoms with van der Waals surface area (Å²) >= 11 is 0. The number of halogens is 5. The van der Waals surface area contributed by atoms with Crippen LogP contribution in [0.1, 0.15) is 5.82 Å². The zero-order valence-electron chi connectivity index (χ0n) is 18.9. The fourth-order valence-corrected chi connectivity index (χ4v) is 3.96. The van der Waals surface area contributed by atoms with Gasteiger partial charge in [0.05, 0.1) is 36.1 Å². The van der Waals surface area contributed by atoms with Crippen molar-refractivity contribution in [1.29, 1.82) is 0 Å². The molecule has 1 fully saturated rings. The molecule has 0 spiro atoms. The highest BCUT2D eigenvalue weighted by Crippen LogP contribution is 2.34. The Labute approximate surface area is 203 Å². The van der Waals surface area contributed by atoms with Crippen LogP contribution in [0.4, 0.5) is 27.8 Å². The van der Waals surface area contributed by atoms with Crippen LogP contribution < -0.4 is 20.9 Å². The molecule has 0 radical (unpaired) electrons. The van der Waals surface area contributed by atoms with Gasteiger partial charge in [-0.25, -0.2) is 28.5 Å². The Morgan fingerprint density at radius 2 is 1.97 bits per heavy atom. The molecule has 0 aliphatic carbocycles. The Morgan fingerprint density at radius 3 is 2.70 bits per heavy atom. The van der Waals surface area contributed by atoms with Crippen molar-refractivity contribution in [3.8, 4) is 17.1 Å². The van der Waals surface area contributed by atoms with Gasteiger partial charge in [-0.1, -0.05) is 0 Å².